The molecule has 2 aromatic rings. The Morgan fingerprint density at radius 3 is 2.85 bits per heavy atom. The maximum atomic E-state index is 9.02. The Bertz CT molecular complexity index is 589. The zero-order chi connectivity index (χ0) is 14.8. The Hall–Kier alpha value is -1.46. The molecule has 0 radical (unpaired) electrons. The van der Waals surface area contributed by atoms with Crippen molar-refractivity contribution in [2.75, 3.05) is 13.2 Å². The highest BCUT2D eigenvalue weighted by atomic mass is 16.3. The minimum atomic E-state index is 0.108. The zero-order valence-electron chi connectivity index (χ0n) is 12.8. The van der Waals surface area contributed by atoms with Gasteiger partial charge in [-0.3, -0.25) is 4.68 Å². The van der Waals surface area contributed by atoms with E-state index < -0.39 is 0 Å². The second-order valence-electron chi connectivity index (χ2n) is 6.17. The van der Waals surface area contributed by atoms with Crippen LogP contribution < -0.4 is 5.32 Å². The summed E-state index contributed by atoms with van der Waals surface area (Å²) in [5.41, 5.74) is 3.20. The van der Waals surface area contributed by atoms with Crippen molar-refractivity contribution in [1.29, 1.82) is 0 Å². The second kappa shape index (κ2) is 5.89. The first-order valence-electron chi connectivity index (χ1n) is 7.03. The van der Waals surface area contributed by atoms with Gasteiger partial charge in [0.1, 0.15) is 0 Å². The van der Waals surface area contributed by atoms with Crippen molar-refractivity contribution in [3.05, 3.63) is 23.5 Å². The number of rotatable bonds is 6. The van der Waals surface area contributed by atoms with Crippen molar-refractivity contribution in [1.82, 2.24) is 20.1 Å². The van der Waals surface area contributed by atoms with E-state index in [0.29, 0.717) is 0 Å². The Morgan fingerprint density at radius 1 is 1.40 bits per heavy atom. The number of hydrogen-bond donors (Lipinski definition) is 2. The first-order valence-corrected chi connectivity index (χ1v) is 7.03. The van der Waals surface area contributed by atoms with Crippen LogP contribution in [0.25, 0.3) is 11.0 Å². The number of aryl methyl sites for hydroxylation is 2. The first-order chi connectivity index (χ1) is 9.43. The number of aliphatic hydroxyl groups is 1. The first kappa shape index (κ1) is 14.9. The maximum Gasteiger partial charge on any atom is 0.157 e. The smallest absolute Gasteiger partial charge is 0.157 e. The van der Waals surface area contributed by atoms with Crippen molar-refractivity contribution in [2.24, 2.45) is 12.5 Å². The third-order valence-corrected chi connectivity index (χ3v) is 3.64. The van der Waals surface area contributed by atoms with Crippen LogP contribution in [0.5, 0.6) is 0 Å². The normalized spacial score (nSPS) is 12.2. The number of nitrogens with one attached hydrogen (secondary N) is 1. The van der Waals surface area contributed by atoms with E-state index >= 15 is 0 Å². The van der Waals surface area contributed by atoms with E-state index in [9.17, 15) is 0 Å². The van der Waals surface area contributed by atoms with Gasteiger partial charge in [-0.1, -0.05) is 13.8 Å². The van der Waals surface area contributed by atoms with E-state index in [0.717, 1.165) is 41.8 Å². The fourth-order valence-electron chi connectivity index (χ4n) is 2.38. The highest BCUT2D eigenvalue weighted by Crippen LogP contribution is 2.19. The maximum absolute atomic E-state index is 9.02. The molecule has 0 atom stereocenters. The number of aromatic nitrogens is 3. The Kier molecular flexibility index (Phi) is 4.40. The summed E-state index contributed by atoms with van der Waals surface area (Å²) >= 11 is 0. The number of fused-ring (bicyclic) bond motifs is 1. The molecule has 0 aromatic carbocycles. The van der Waals surface area contributed by atoms with Gasteiger partial charge >= 0.3 is 0 Å². The average molecular weight is 276 g/mol. The van der Waals surface area contributed by atoms with Gasteiger partial charge in [0.25, 0.3) is 0 Å². The van der Waals surface area contributed by atoms with Crippen LogP contribution in [-0.2, 0) is 13.6 Å². The lowest BCUT2D eigenvalue weighted by molar-refractivity contribution is 0.207. The van der Waals surface area contributed by atoms with Gasteiger partial charge in [0.05, 0.1) is 5.69 Å². The number of hydrogen-bond acceptors (Lipinski definition) is 4. The van der Waals surface area contributed by atoms with Crippen LogP contribution in [0.1, 0.15) is 31.5 Å². The van der Waals surface area contributed by atoms with E-state index in [-0.39, 0.29) is 12.0 Å². The van der Waals surface area contributed by atoms with Crippen molar-refractivity contribution in [2.45, 2.75) is 33.7 Å². The number of aliphatic hydroxyl groups excluding tert-OH is 1. The van der Waals surface area contributed by atoms with Crippen LogP contribution in [-0.4, -0.2) is 33.0 Å². The SMILES string of the molecule is Cc1nn(C)c2ncc(CNCC(C)(C)CCO)cc12. The van der Waals surface area contributed by atoms with E-state index in [1.54, 1.807) is 0 Å². The van der Waals surface area contributed by atoms with Crippen molar-refractivity contribution < 1.29 is 5.11 Å². The van der Waals surface area contributed by atoms with Gasteiger partial charge in [0.15, 0.2) is 5.65 Å². The molecule has 2 aromatic heterocycles. The molecule has 0 aliphatic heterocycles. The quantitative estimate of drug-likeness (QED) is 0.844. The molecule has 0 saturated heterocycles. The molecule has 110 valence electrons. The predicted octanol–water partition coefficient (Wildman–Crippen LogP) is 1.77. The summed E-state index contributed by atoms with van der Waals surface area (Å²) in [6, 6.07) is 2.15. The van der Waals surface area contributed by atoms with Crippen LogP contribution in [0.2, 0.25) is 0 Å². The zero-order valence-corrected chi connectivity index (χ0v) is 12.8. The molecule has 0 saturated carbocycles. The molecule has 0 amide bonds. The summed E-state index contributed by atoms with van der Waals surface area (Å²) in [5.74, 6) is 0. The fourth-order valence-corrected chi connectivity index (χ4v) is 2.38. The summed E-state index contributed by atoms with van der Waals surface area (Å²) in [6.07, 6.45) is 2.70. The van der Waals surface area contributed by atoms with E-state index in [2.05, 4.69) is 35.3 Å². The molecule has 2 heterocycles. The van der Waals surface area contributed by atoms with E-state index in [1.807, 2.05) is 24.9 Å². The van der Waals surface area contributed by atoms with E-state index in [4.69, 9.17) is 5.11 Å². The number of pyridine rings is 1. The highest BCUT2D eigenvalue weighted by molar-refractivity contribution is 5.78. The lowest BCUT2D eigenvalue weighted by atomic mass is 9.90. The van der Waals surface area contributed by atoms with Gasteiger partial charge < -0.3 is 10.4 Å². The molecule has 0 unspecified atom stereocenters. The van der Waals surface area contributed by atoms with Gasteiger partial charge in [-0.05, 0) is 30.4 Å². The van der Waals surface area contributed by atoms with Crippen LogP contribution in [0, 0.1) is 12.3 Å². The van der Waals surface area contributed by atoms with Crippen LogP contribution >= 0.6 is 0 Å². The summed E-state index contributed by atoms with van der Waals surface area (Å²) in [5, 5.41) is 18.0. The summed E-state index contributed by atoms with van der Waals surface area (Å²) in [7, 11) is 1.91. The van der Waals surface area contributed by atoms with Gasteiger partial charge in [-0.15, -0.1) is 0 Å². The molecule has 0 aliphatic rings. The Morgan fingerprint density at radius 2 is 2.15 bits per heavy atom. The van der Waals surface area contributed by atoms with E-state index in [1.165, 1.54) is 0 Å². The van der Waals surface area contributed by atoms with Crippen molar-refractivity contribution in [3.8, 4) is 0 Å². The lowest BCUT2D eigenvalue weighted by Crippen LogP contribution is -2.29. The molecule has 0 bridgehead atoms. The Labute approximate surface area is 120 Å². The third-order valence-electron chi connectivity index (χ3n) is 3.64. The average Bonchev–Trinajstić information content (AvgIpc) is 2.64. The monoisotopic (exact) mass is 276 g/mol. The molecule has 2 rings (SSSR count). The minimum Gasteiger partial charge on any atom is -0.396 e. The molecular formula is C15H24N4O. The molecule has 20 heavy (non-hydrogen) atoms. The van der Waals surface area contributed by atoms with Gasteiger partial charge in [-0.25, -0.2) is 4.98 Å². The van der Waals surface area contributed by atoms with Crippen molar-refractivity contribution in [3.63, 3.8) is 0 Å². The number of nitrogens with zero attached hydrogens (tertiary/aromatic N) is 3. The largest absolute Gasteiger partial charge is 0.396 e. The fraction of sp³-hybridized carbons (Fsp3) is 0.600. The molecule has 0 fully saturated rings. The summed E-state index contributed by atoms with van der Waals surface area (Å²) < 4.78 is 1.81. The van der Waals surface area contributed by atoms with Gasteiger partial charge in [0, 0.05) is 38.3 Å². The van der Waals surface area contributed by atoms with Crippen LogP contribution in [0.15, 0.2) is 12.3 Å². The molecule has 5 nitrogen and oxygen atoms in total. The Balaban J connectivity index is 2.02. The van der Waals surface area contributed by atoms with Crippen molar-refractivity contribution >= 4 is 11.0 Å². The molecule has 2 N–H and O–H groups in total. The molecule has 0 spiro atoms. The van der Waals surface area contributed by atoms with Gasteiger partial charge in [-0.2, -0.15) is 5.10 Å². The van der Waals surface area contributed by atoms with Crippen LogP contribution in [0.4, 0.5) is 0 Å². The predicted molar refractivity (Wildman–Crippen MR) is 80.4 cm³/mol. The summed E-state index contributed by atoms with van der Waals surface area (Å²) in [4.78, 5) is 4.47. The molecule has 5 heteroatoms. The third kappa shape index (κ3) is 3.35. The molecule has 0 aliphatic carbocycles. The summed E-state index contributed by atoms with van der Waals surface area (Å²) in [6.45, 7) is 8.21. The minimum absolute atomic E-state index is 0.108. The molecular weight excluding hydrogens is 252 g/mol. The second-order valence-corrected chi connectivity index (χ2v) is 6.17. The lowest BCUT2D eigenvalue weighted by Gasteiger charge is -2.23. The highest BCUT2D eigenvalue weighted by Gasteiger charge is 2.16. The van der Waals surface area contributed by atoms with Crippen LogP contribution in [0.3, 0.4) is 0 Å². The topological polar surface area (TPSA) is 63.0 Å². The standard InChI is InChI=1S/C15H24N4O/c1-11-13-7-12(9-17-14(13)19(4)18-11)8-16-10-15(2,3)5-6-20/h7,9,16,20H,5-6,8,10H2,1-4H3. The van der Waals surface area contributed by atoms with Gasteiger partial charge in [0.2, 0.25) is 0 Å².